The second-order valence-electron chi connectivity index (χ2n) is 6.49. The fraction of sp³-hybridized carbons (Fsp3) is 0.556. The molecular weight excluding hydrogens is 292 g/mol. The number of carbonyl (C=O) groups excluding carboxylic acids is 1. The van der Waals surface area contributed by atoms with Crippen molar-refractivity contribution in [1.29, 1.82) is 0 Å². The molecule has 1 N–H and O–H groups in total. The monoisotopic (exact) mass is 318 g/mol. The average molecular weight is 318 g/mol. The Morgan fingerprint density at radius 2 is 1.87 bits per heavy atom. The molecule has 0 aliphatic carbocycles. The highest BCUT2D eigenvalue weighted by molar-refractivity contribution is 5.79. The molecule has 0 bridgehead atoms. The quantitative estimate of drug-likeness (QED) is 0.872. The highest BCUT2D eigenvalue weighted by Crippen LogP contribution is 2.21. The molecule has 1 aliphatic rings. The summed E-state index contributed by atoms with van der Waals surface area (Å²) in [5, 5.41) is 8.95. The molecular formula is C18H26N2O3. The normalized spacial score (nSPS) is 17.7. The minimum atomic E-state index is -0.859. The largest absolute Gasteiger partial charge is 0.481 e. The molecule has 1 heterocycles. The Hall–Kier alpha value is -1.88. The zero-order valence-corrected chi connectivity index (χ0v) is 13.9. The van der Waals surface area contributed by atoms with Crippen molar-refractivity contribution in [3.63, 3.8) is 0 Å². The summed E-state index contributed by atoms with van der Waals surface area (Å²) in [6, 6.07) is 10.4. The van der Waals surface area contributed by atoms with Crippen molar-refractivity contribution in [2.75, 3.05) is 26.7 Å². The number of amides is 1. The Morgan fingerprint density at radius 1 is 1.26 bits per heavy atom. The number of hydrogen-bond acceptors (Lipinski definition) is 3. The molecule has 23 heavy (non-hydrogen) atoms. The number of nitrogens with zero attached hydrogens (tertiary/aromatic N) is 2. The molecule has 126 valence electrons. The molecule has 0 radical (unpaired) electrons. The van der Waals surface area contributed by atoms with Gasteiger partial charge in [0.05, 0.1) is 5.92 Å². The van der Waals surface area contributed by atoms with Crippen molar-refractivity contribution >= 4 is 11.9 Å². The van der Waals surface area contributed by atoms with Gasteiger partial charge in [0, 0.05) is 26.1 Å². The Kier molecular flexibility index (Phi) is 6.16. The zero-order chi connectivity index (χ0) is 16.8. The predicted molar refractivity (Wildman–Crippen MR) is 88.9 cm³/mol. The summed E-state index contributed by atoms with van der Waals surface area (Å²) in [5.74, 6) is -1.28. The maximum Gasteiger partial charge on any atom is 0.308 e. The van der Waals surface area contributed by atoms with Crippen LogP contribution in [0.4, 0.5) is 0 Å². The first kappa shape index (κ1) is 17.5. The van der Waals surface area contributed by atoms with Crippen LogP contribution in [0.15, 0.2) is 30.3 Å². The topological polar surface area (TPSA) is 60.9 Å². The summed E-state index contributed by atoms with van der Waals surface area (Å²) >= 11 is 0. The van der Waals surface area contributed by atoms with E-state index in [2.05, 4.69) is 17.0 Å². The van der Waals surface area contributed by atoms with Crippen molar-refractivity contribution in [2.45, 2.75) is 26.3 Å². The van der Waals surface area contributed by atoms with Crippen LogP contribution < -0.4 is 0 Å². The van der Waals surface area contributed by atoms with E-state index in [9.17, 15) is 9.59 Å². The van der Waals surface area contributed by atoms with Gasteiger partial charge in [-0.15, -0.1) is 0 Å². The standard InChI is InChI=1S/C18H26N2O3/c1-14(18(22)23)12-19(2)17(21)16-8-10-20(11-9-16)13-15-6-4-3-5-7-15/h3-7,14,16H,8-13H2,1-2H3,(H,22,23). The van der Waals surface area contributed by atoms with E-state index in [0.29, 0.717) is 0 Å². The summed E-state index contributed by atoms with van der Waals surface area (Å²) in [7, 11) is 1.71. The number of carbonyl (C=O) groups is 2. The minimum Gasteiger partial charge on any atom is -0.481 e. The summed E-state index contributed by atoms with van der Waals surface area (Å²) in [5.41, 5.74) is 1.30. The molecule has 5 nitrogen and oxygen atoms in total. The third-order valence-electron chi connectivity index (χ3n) is 4.53. The first-order valence-corrected chi connectivity index (χ1v) is 8.21. The first-order chi connectivity index (χ1) is 11.0. The van der Waals surface area contributed by atoms with Gasteiger partial charge in [0.15, 0.2) is 0 Å². The van der Waals surface area contributed by atoms with Gasteiger partial charge in [-0.3, -0.25) is 14.5 Å². The Bertz CT molecular complexity index is 524. The molecule has 5 heteroatoms. The van der Waals surface area contributed by atoms with Crippen LogP contribution in [0.5, 0.6) is 0 Å². The van der Waals surface area contributed by atoms with Crippen LogP contribution in [0.3, 0.4) is 0 Å². The third kappa shape index (κ3) is 5.06. The molecule has 1 amide bonds. The van der Waals surface area contributed by atoms with Crippen LogP contribution in [0.2, 0.25) is 0 Å². The second-order valence-corrected chi connectivity index (χ2v) is 6.49. The SMILES string of the molecule is CC(CN(C)C(=O)C1CCN(Cc2ccccc2)CC1)C(=O)O. The zero-order valence-electron chi connectivity index (χ0n) is 13.9. The van der Waals surface area contributed by atoms with Gasteiger partial charge in [0.2, 0.25) is 5.91 Å². The number of piperidine rings is 1. The molecule has 1 unspecified atom stereocenters. The van der Waals surface area contributed by atoms with Crippen LogP contribution in [0.1, 0.15) is 25.3 Å². The summed E-state index contributed by atoms with van der Waals surface area (Å²) in [6.45, 7) is 4.65. The van der Waals surface area contributed by atoms with Crippen LogP contribution in [-0.4, -0.2) is 53.5 Å². The molecule has 1 saturated heterocycles. The highest BCUT2D eigenvalue weighted by Gasteiger charge is 2.28. The summed E-state index contributed by atoms with van der Waals surface area (Å²) in [6.07, 6.45) is 1.69. The van der Waals surface area contributed by atoms with E-state index in [1.54, 1.807) is 18.9 Å². The molecule has 0 saturated carbocycles. The number of benzene rings is 1. The first-order valence-electron chi connectivity index (χ1n) is 8.21. The number of carboxylic acids is 1. The van der Waals surface area contributed by atoms with E-state index in [1.165, 1.54) is 5.56 Å². The fourth-order valence-corrected chi connectivity index (χ4v) is 3.07. The number of likely N-dealkylation sites (tertiary alicyclic amines) is 1. The number of hydrogen-bond donors (Lipinski definition) is 1. The Labute approximate surface area is 137 Å². The maximum absolute atomic E-state index is 12.4. The van der Waals surface area contributed by atoms with Crippen LogP contribution in [0.25, 0.3) is 0 Å². The van der Waals surface area contributed by atoms with E-state index in [0.717, 1.165) is 32.5 Å². The van der Waals surface area contributed by atoms with Crippen LogP contribution >= 0.6 is 0 Å². The number of aliphatic carboxylic acids is 1. The second kappa shape index (κ2) is 8.11. The van der Waals surface area contributed by atoms with E-state index < -0.39 is 11.9 Å². The number of rotatable bonds is 6. The molecule has 1 aliphatic heterocycles. The average Bonchev–Trinajstić information content (AvgIpc) is 2.55. The van der Waals surface area contributed by atoms with Gasteiger partial charge >= 0.3 is 5.97 Å². The third-order valence-corrected chi connectivity index (χ3v) is 4.53. The van der Waals surface area contributed by atoms with Crippen molar-refractivity contribution in [2.24, 2.45) is 11.8 Å². The van der Waals surface area contributed by atoms with Gasteiger partial charge in [-0.1, -0.05) is 37.3 Å². The van der Waals surface area contributed by atoms with Gasteiger partial charge in [-0.05, 0) is 31.5 Å². The van der Waals surface area contributed by atoms with Gasteiger partial charge in [0.1, 0.15) is 0 Å². The summed E-state index contributed by atoms with van der Waals surface area (Å²) in [4.78, 5) is 27.3. The van der Waals surface area contributed by atoms with E-state index >= 15 is 0 Å². The van der Waals surface area contributed by atoms with Crippen molar-refractivity contribution < 1.29 is 14.7 Å². The van der Waals surface area contributed by atoms with E-state index in [4.69, 9.17) is 5.11 Å². The van der Waals surface area contributed by atoms with Crippen molar-refractivity contribution in [3.8, 4) is 0 Å². The molecule has 1 aromatic carbocycles. The number of carboxylic acid groups (broad SMARTS) is 1. The molecule has 0 spiro atoms. The molecule has 2 rings (SSSR count). The van der Waals surface area contributed by atoms with Gasteiger partial charge < -0.3 is 10.0 Å². The molecule has 0 aromatic heterocycles. The maximum atomic E-state index is 12.4. The fourth-order valence-electron chi connectivity index (χ4n) is 3.07. The highest BCUT2D eigenvalue weighted by atomic mass is 16.4. The lowest BCUT2D eigenvalue weighted by atomic mass is 9.94. The Balaban J connectivity index is 1.79. The lowest BCUT2D eigenvalue weighted by Gasteiger charge is -2.33. The van der Waals surface area contributed by atoms with Crippen molar-refractivity contribution in [3.05, 3.63) is 35.9 Å². The lowest BCUT2D eigenvalue weighted by molar-refractivity contribution is -0.143. The smallest absolute Gasteiger partial charge is 0.308 e. The van der Waals surface area contributed by atoms with E-state index in [1.807, 2.05) is 18.2 Å². The van der Waals surface area contributed by atoms with Gasteiger partial charge in [-0.25, -0.2) is 0 Å². The predicted octanol–water partition coefficient (Wildman–Crippen LogP) is 2.08. The van der Waals surface area contributed by atoms with Crippen LogP contribution in [-0.2, 0) is 16.1 Å². The molecule has 1 aromatic rings. The van der Waals surface area contributed by atoms with E-state index in [-0.39, 0.29) is 18.4 Å². The summed E-state index contributed by atoms with van der Waals surface area (Å²) < 4.78 is 0. The minimum absolute atomic E-state index is 0.0213. The molecule has 1 atom stereocenters. The Morgan fingerprint density at radius 3 is 2.43 bits per heavy atom. The molecule has 1 fully saturated rings. The van der Waals surface area contributed by atoms with Crippen molar-refractivity contribution in [1.82, 2.24) is 9.80 Å². The van der Waals surface area contributed by atoms with Crippen LogP contribution in [0, 0.1) is 11.8 Å². The van der Waals surface area contributed by atoms with Gasteiger partial charge in [0.25, 0.3) is 0 Å². The van der Waals surface area contributed by atoms with Gasteiger partial charge in [-0.2, -0.15) is 0 Å². The lowest BCUT2D eigenvalue weighted by Crippen LogP contribution is -2.42.